The zero-order valence-electron chi connectivity index (χ0n) is 11.3. The second-order valence-corrected chi connectivity index (χ2v) is 5.49. The number of amides is 2. The summed E-state index contributed by atoms with van der Waals surface area (Å²) >= 11 is 0. The fourth-order valence-electron chi connectivity index (χ4n) is 1.84. The standard InChI is InChI=1S/C12H22N2O3/c1-9-8-13(10(2)15)6-7-14(9)11(16)17-12(3,4)5/h9H,6-8H2,1-5H3/t9-/m0/s1. The summed E-state index contributed by atoms with van der Waals surface area (Å²) in [5, 5.41) is 0. The Morgan fingerprint density at radius 1 is 1.24 bits per heavy atom. The molecule has 0 saturated carbocycles. The molecule has 0 aromatic rings. The predicted octanol–water partition coefficient (Wildman–Crippen LogP) is 1.47. The summed E-state index contributed by atoms with van der Waals surface area (Å²) in [6.45, 7) is 10.7. The highest BCUT2D eigenvalue weighted by Gasteiger charge is 2.31. The van der Waals surface area contributed by atoms with Gasteiger partial charge in [-0.1, -0.05) is 0 Å². The molecule has 0 aromatic carbocycles. The fourth-order valence-corrected chi connectivity index (χ4v) is 1.84. The molecule has 0 bridgehead atoms. The van der Waals surface area contributed by atoms with Crippen LogP contribution in [0.5, 0.6) is 0 Å². The monoisotopic (exact) mass is 242 g/mol. The Hall–Kier alpha value is -1.26. The lowest BCUT2D eigenvalue weighted by atomic mass is 10.2. The lowest BCUT2D eigenvalue weighted by Crippen LogP contribution is -2.55. The van der Waals surface area contributed by atoms with Gasteiger partial charge in [-0.25, -0.2) is 4.79 Å². The van der Waals surface area contributed by atoms with Crippen LogP contribution in [-0.2, 0) is 9.53 Å². The second-order valence-electron chi connectivity index (χ2n) is 5.49. The first-order valence-electron chi connectivity index (χ1n) is 5.96. The minimum absolute atomic E-state index is 0.00231. The van der Waals surface area contributed by atoms with Crippen LogP contribution >= 0.6 is 0 Å². The van der Waals surface area contributed by atoms with Gasteiger partial charge in [-0.2, -0.15) is 0 Å². The minimum atomic E-state index is -0.478. The number of carbonyl (C=O) groups is 2. The number of piperazine rings is 1. The Balaban J connectivity index is 2.58. The van der Waals surface area contributed by atoms with Gasteiger partial charge in [-0.15, -0.1) is 0 Å². The molecular formula is C12H22N2O3. The quantitative estimate of drug-likeness (QED) is 0.646. The zero-order valence-corrected chi connectivity index (χ0v) is 11.3. The maximum Gasteiger partial charge on any atom is 0.410 e. The number of hydrogen-bond donors (Lipinski definition) is 0. The topological polar surface area (TPSA) is 49.9 Å². The minimum Gasteiger partial charge on any atom is -0.444 e. The summed E-state index contributed by atoms with van der Waals surface area (Å²) in [5.74, 6) is 0.0562. The molecule has 0 spiro atoms. The Labute approximate surface area is 103 Å². The molecular weight excluding hydrogens is 220 g/mol. The van der Waals surface area contributed by atoms with Crippen molar-refractivity contribution in [1.29, 1.82) is 0 Å². The van der Waals surface area contributed by atoms with Crippen LogP contribution in [0.3, 0.4) is 0 Å². The maximum absolute atomic E-state index is 11.9. The smallest absolute Gasteiger partial charge is 0.410 e. The Bertz CT molecular complexity index is 309. The van der Waals surface area contributed by atoms with E-state index in [2.05, 4.69) is 0 Å². The van der Waals surface area contributed by atoms with Crippen LogP contribution in [0, 0.1) is 0 Å². The van der Waals surface area contributed by atoms with E-state index < -0.39 is 5.60 Å². The van der Waals surface area contributed by atoms with Gasteiger partial charge < -0.3 is 14.5 Å². The molecule has 1 rings (SSSR count). The molecule has 1 fully saturated rings. The summed E-state index contributed by atoms with van der Waals surface area (Å²) in [6.07, 6.45) is -0.298. The highest BCUT2D eigenvalue weighted by atomic mass is 16.6. The Morgan fingerprint density at radius 2 is 1.82 bits per heavy atom. The summed E-state index contributed by atoms with van der Waals surface area (Å²) in [6, 6.07) is 0.00231. The molecule has 1 heterocycles. The van der Waals surface area contributed by atoms with Gasteiger partial charge in [0, 0.05) is 32.6 Å². The summed E-state index contributed by atoms with van der Waals surface area (Å²) < 4.78 is 5.33. The zero-order chi connectivity index (χ0) is 13.2. The van der Waals surface area contributed by atoms with Gasteiger partial charge in [0.05, 0.1) is 0 Å². The van der Waals surface area contributed by atoms with Crippen molar-refractivity contribution in [3.05, 3.63) is 0 Å². The SMILES string of the molecule is CC(=O)N1CCN(C(=O)OC(C)(C)C)[C@@H](C)C1. The number of hydrogen-bond acceptors (Lipinski definition) is 3. The molecule has 1 atom stereocenters. The molecule has 5 nitrogen and oxygen atoms in total. The molecule has 1 aliphatic rings. The van der Waals surface area contributed by atoms with Crippen LogP contribution in [-0.4, -0.2) is 53.1 Å². The first-order chi connectivity index (χ1) is 7.70. The van der Waals surface area contributed by atoms with Gasteiger partial charge in [-0.05, 0) is 27.7 Å². The van der Waals surface area contributed by atoms with Crippen LogP contribution in [0.15, 0.2) is 0 Å². The first kappa shape index (κ1) is 13.8. The number of ether oxygens (including phenoxy) is 1. The molecule has 0 unspecified atom stereocenters. The molecule has 1 aliphatic heterocycles. The van der Waals surface area contributed by atoms with Crippen LogP contribution in [0.25, 0.3) is 0 Å². The molecule has 98 valence electrons. The van der Waals surface area contributed by atoms with E-state index in [4.69, 9.17) is 4.74 Å². The average molecular weight is 242 g/mol. The summed E-state index contributed by atoms with van der Waals surface area (Å²) in [5.41, 5.74) is -0.478. The van der Waals surface area contributed by atoms with E-state index in [0.29, 0.717) is 19.6 Å². The molecule has 0 aliphatic carbocycles. The Morgan fingerprint density at radius 3 is 2.24 bits per heavy atom. The van der Waals surface area contributed by atoms with Crippen molar-refractivity contribution in [2.75, 3.05) is 19.6 Å². The highest BCUT2D eigenvalue weighted by Crippen LogP contribution is 2.15. The second kappa shape index (κ2) is 4.94. The van der Waals surface area contributed by atoms with Crippen molar-refractivity contribution < 1.29 is 14.3 Å². The molecule has 0 radical (unpaired) electrons. The summed E-state index contributed by atoms with van der Waals surface area (Å²) in [7, 11) is 0. The van der Waals surface area contributed by atoms with Crippen molar-refractivity contribution in [2.45, 2.75) is 46.3 Å². The van der Waals surface area contributed by atoms with Crippen molar-refractivity contribution in [1.82, 2.24) is 9.80 Å². The number of carbonyl (C=O) groups excluding carboxylic acids is 2. The molecule has 0 N–H and O–H groups in total. The summed E-state index contributed by atoms with van der Waals surface area (Å²) in [4.78, 5) is 26.6. The number of rotatable bonds is 0. The van der Waals surface area contributed by atoms with Crippen LogP contribution < -0.4 is 0 Å². The normalized spacial score (nSPS) is 21.4. The third-order valence-corrected chi connectivity index (χ3v) is 2.70. The van der Waals surface area contributed by atoms with Crippen LogP contribution in [0.1, 0.15) is 34.6 Å². The molecule has 0 aromatic heterocycles. The lowest BCUT2D eigenvalue weighted by molar-refractivity contribution is -0.131. The van der Waals surface area contributed by atoms with Crippen molar-refractivity contribution in [3.8, 4) is 0 Å². The van der Waals surface area contributed by atoms with Gasteiger partial charge in [0.1, 0.15) is 5.60 Å². The van der Waals surface area contributed by atoms with E-state index in [1.165, 1.54) is 0 Å². The van der Waals surface area contributed by atoms with Crippen LogP contribution in [0.2, 0.25) is 0 Å². The van der Waals surface area contributed by atoms with E-state index >= 15 is 0 Å². The molecule has 1 saturated heterocycles. The van der Waals surface area contributed by atoms with Gasteiger partial charge in [0.15, 0.2) is 0 Å². The van der Waals surface area contributed by atoms with E-state index in [1.54, 1.807) is 16.7 Å². The maximum atomic E-state index is 11.9. The third-order valence-electron chi connectivity index (χ3n) is 2.70. The van der Waals surface area contributed by atoms with Crippen molar-refractivity contribution >= 4 is 12.0 Å². The van der Waals surface area contributed by atoms with E-state index in [9.17, 15) is 9.59 Å². The molecule has 2 amide bonds. The Kier molecular flexibility index (Phi) is 4.01. The predicted molar refractivity (Wildman–Crippen MR) is 64.7 cm³/mol. The van der Waals surface area contributed by atoms with Gasteiger partial charge in [0.2, 0.25) is 5.91 Å². The first-order valence-corrected chi connectivity index (χ1v) is 5.96. The van der Waals surface area contributed by atoms with Gasteiger partial charge >= 0.3 is 6.09 Å². The largest absolute Gasteiger partial charge is 0.444 e. The van der Waals surface area contributed by atoms with E-state index in [0.717, 1.165) is 0 Å². The van der Waals surface area contributed by atoms with Crippen LogP contribution in [0.4, 0.5) is 4.79 Å². The molecule has 17 heavy (non-hydrogen) atoms. The highest BCUT2D eigenvalue weighted by molar-refractivity contribution is 5.74. The van der Waals surface area contributed by atoms with E-state index in [1.807, 2.05) is 27.7 Å². The fraction of sp³-hybridized carbons (Fsp3) is 0.833. The lowest BCUT2D eigenvalue weighted by Gasteiger charge is -2.39. The average Bonchev–Trinajstić information content (AvgIpc) is 2.14. The van der Waals surface area contributed by atoms with Crippen molar-refractivity contribution in [3.63, 3.8) is 0 Å². The molecule has 5 heteroatoms. The van der Waals surface area contributed by atoms with Crippen molar-refractivity contribution in [2.24, 2.45) is 0 Å². The van der Waals surface area contributed by atoms with E-state index in [-0.39, 0.29) is 18.0 Å². The third kappa shape index (κ3) is 3.91. The number of nitrogens with zero attached hydrogens (tertiary/aromatic N) is 2. The van der Waals surface area contributed by atoms with Gasteiger partial charge in [-0.3, -0.25) is 4.79 Å². The van der Waals surface area contributed by atoms with Gasteiger partial charge in [0.25, 0.3) is 0 Å².